The zero-order chi connectivity index (χ0) is 32.4. The second-order valence-corrected chi connectivity index (χ2v) is 12.8. The van der Waals surface area contributed by atoms with Crippen LogP contribution < -0.4 is 32.8 Å². The van der Waals surface area contributed by atoms with Crippen molar-refractivity contribution in [2.24, 2.45) is 0 Å². The summed E-state index contributed by atoms with van der Waals surface area (Å²) in [5, 5.41) is 4.77. The predicted molar refractivity (Wildman–Crippen MR) is 218 cm³/mol. The molecule has 8 rings (SSSR count). The Morgan fingerprint density at radius 3 is 1.79 bits per heavy atom. The summed E-state index contributed by atoms with van der Waals surface area (Å²) in [5.41, 5.74) is 16.4. The van der Waals surface area contributed by atoms with Crippen LogP contribution in [0, 0.1) is 0 Å². The van der Waals surface area contributed by atoms with E-state index < -0.39 is 0 Å². The van der Waals surface area contributed by atoms with E-state index in [1.165, 1.54) is 60.2 Å². The number of hydrogen-bond donors (Lipinski definition) is 0. The maximum atomic E-state index is 6.39. The van der Waals surface area contributed by atoms with Crippen LogP contribution >= 0.6 is 0 Å². The number of hydrogen-bond acceptors (Lipinski definition) is 3. The van der Waals surface area contributed by atoms with Crippen LogP contribution in [0.4, 0.5) is 0 Å². The van der Waals surface area contributed by atoms with E-state index in [-0.39, 0.29) is 0 Å². The summed E-state index contributed by atoms with van der Waals surface area (Å²) in [4.78, 5) is 10.1. The molecule has 0 saturated heterocycles. The Hall–Kier alpha value is -5.15. The van der Waals surface area contributed by atoms with Crippen molar-refractivity contribution in [2.45, 2.75) is 0 Å². The number of benzene rings is 5. The fraction of sp³-hybridized carbons (Fsp3) is 0. The van der Waals surface area contributed by atoms with Gasteiger partial charge in [-0.05, 0) is 52.2 Å². The smallest absolute Gasteiger partial charge is 0.139 e. The van der Waals surface area contributed by atoms with Gasteiger partial charge in [-0.1, -0.05) is 94.6 Å². The van der Waals surface area contributed by atoms with Crippen LogP contribution in [-0.4, -0.2) is 57.0 Å². The van der Waals surface area contributed by atoms with E-state index in [1.807, 2.05) is 30.5 Å². The molecule has 0 spiro atoms. The molecule has 3 heterocycles. The topological polar surface area (TPSA) is 38.9 Å². The molecule has 0 atom stereocenters. The molecule has 3 aromatic heterocycles. The van der Waals surface area contributed by atoms with Crippen LogP contribution in [0.1, 0.15) is 0 Å². The monoisotopic (exact) mass is 596 g/mol. The van der Waals surface area contributed by atoms with Gasteiger partial charge in [0.1, 0.15) is 58.6 Å². The van der Waals surface area contributed by atoms with Gasteiger partial charge < -0.3 is 4.42 Å². The zero-order valence-corrected chi connectivity index (χ0v) is 27.7. The number of furan rings is 1. The second kappa shape index (κ2) is 11.3. The van der Waals surface area contributed by atoms with E-state index in [0.717, 1.165) is 50.1 Å². The molecule has 0 fully saturated rings. The van der Waals surface area contributed by atoms with Gasteiger partial charge in [-0.3, -0.25) is 4.98 Å². The van der Waals surface area contributed by atoms with Crippen LogP contribution in [0.25, 0.3) is 77.6 Å². The van der Waals surface area contributed by atoms with Crippen molar-refractivity contribution >= 4 is 112 Å². The number of aromatic nitrogens is 2. The Morgan fingerprint density at radius 2 is 1.04 bits per heavy atom. The molecule has 0 unspecified atom stereocenters. The lowest BCUT2D eigenvalue weighted by atomic mass is 9.60. The molecule has 216 valence electrons. The minimum atomic E-state index is 0.863. The maximum absolute atomic E-state index is 6.39. The lowest BCUT2D eigenvalue weighted by Crippen LogP contribution is -2.49. The lowest BCUT2D eigenvalue weighted by molar-refractivity contribution is 0.597. The molecule has 0 saturated carbocycles. The Labute approximate surface area is 280 Å². The fourth-order valence-corrected chi connectivity index (χ4v) is 7.31. The van der Waals surface area contributed by atoms with Gasteiger partial charge in [0.15, 0.2) is 0 Å². The van der Waals surface area contributed by atoms with Gasteiger partial charge in [0.2, 0.25) is 0 Å². The molecule has 47 heavy (non-hydrogen) atoms. The van der Waals surface area contributed by atoms with Crippen molar-refractivity contribution in [3.05, 3.63) is 109 Å². The van der Waals surface area contributed by atoms with Crippen molar-refractivity contribution in [3.8, 4) is 45.0 Å². The summed E-state index contributed by atoms with van der Waals surface area (Å²) in [6.45, 7) is 0. The molecule has 5 aromatic carbocycles. The summed E-state index contributed by atoms with van der Waals surface area (Å²) in [6.07, 6.45) is 1.86. The van der Waals surface area contributed by atoms with Crippen LogP contribution in [-0.2, 0) is 0 Å². The maximum Gasteiger partial charge on any atom is 0.139 e. The first kappa shape index (κ1) is 29.3. The predicted octanol–water partition coefficient (Wildman–Crippen LogP) is -0.252. The summed E-state index contributed by atoms with van der Waals surface area (Å²) in [7, 11) is 13.6. The highest BCUT2D eigenvalue weighted by atomic mass is 16.3. The van der Waals surface area contributed by atoms with E-state index >= 15 is 0 Å². The standard InChI is InChI=1S/C38H30B6N2O/c39-31-27(23-9-4-8-22(18-23)26-16-15-25(47-26)19-6-2-1-3-7-19)29-30(34(42)36(44)35(43)33(29)41)28(32(31)40)24-14-13-21-12-11-20-10-5-17-45-37(20)38(21)46-24/h1-18H,39-44H2. The van der Waals surface area contributed by atoms with Gasteiger partial charge in [0, 0.05) is 33.7 Å². The van der Waals surface area contributed by atoms with Gasteiger partial charge in [-0.2, -0.15) is 0 Å². The third-order valence-electron chi connectivity index (χ3n) is 10.3. The second-order valence-electron chi connectivity index (χ2n) is 12.8. The van der Waals surface area contributed by atoms with Gasteiger partial charge in [-0.15, -0.1) is 10.9 Å². The van der Waals surface area contributed by atoms with Crippen molar-refractivity contribution in [1.29, 1.82) is 0 Å². The Morgan fingerprint density at radius 1 is 0.447 bits per heavy atom. The first-order valence-corrected chi connectivity index (χ1v) is 16.3. The Bertz CT molecular complexity index is 2550. The highest BCUT2D eigenvalue weighted by Gasteiger charge is 2.23. The Kier molecular flexibility index (Phi) is 7.02. The number of nitrogens with zero attached hydrogens (tertiary/aromatic N) is 2. The average Bonchev–Trinajstić information content (AvgIpc) is 3.61. The number of fused-ring (bicyclic) bond motifs is 4. The van der Waals surface area contributed by atoms with Crippen LogP contribution in [0.2, 0.25) is 0 Å². The van der Waals surface area contributed by atoms with Gasteiger partial charge >= 0.3 is 0 Å². The fourth-order valence-electron chi connectivity index (χ4n) is 7.31. The van der Waals surface area contributed by atoms with Gasteiger partial charge in [0.05, 0.1) is 16.7 Å². The molecule has 9 heteroatoms. The highest BCUT2D eigenvalue weighted by molar-refractivity contribution is 6.69. The van der Waals surface area contributed by atoms with E-state index in [9.17, 15) is 0 Å². The molecular formula is C38H30B6N2O. The van der Waals surface area contributed by atoms with Crippen molar-refractivity contribution in [2.75, 3.05) is 0 Å². The molecular weight excluding hydrogens is 565 g/mol. The quantitative estimate of drug-likeness (QED) is 0.208. The van der Waals surface area contributed by atoms with E-state index in [4.69, 9.17) is 14.4 Å². The third kappa shape index (κ3) is 4.67. The molecule has 0 amide bonds. The van der Waals surface area contributed by atoms with E-state index in [2.05, 4.69) is 126 Å². The third-order valence-corrected chi connectivity index (χ3v) is 10.3. The molecule has 8 aromatic rings. The van der Waals surface area contributed by atoms with Crippen molar-refractivity contribution in [1.82, 2.24) is 9.97 Å². The first-order chi connectivity index (χ1) is 22.8. The molecule has 0 aliphatic heterocycles. The minimum Gasteiger partial charge on any atom is -0.456 e. The molecule has 0 aliphatic rings. The summed E-state index contributed by atoms with van der Waals surface area (Å²) in [6, 6.07) is 36.0. The van der Waals surface area contributed by atoms with Crippen molar-refractivity contribution in [3.63, 3.8) is 0 Å². The SMILES string of the molecule is Bc1c(B)c(B)c2c(-c3ccc4ccc5cccnc5c4n3)c(B)c(B)c(-c3cccc(-c4ccc(-c5ccccc5)o4)c3)c2c1B. The van der Waals surface area contributed by atoms with Crippen molar-refractivity contribution < 1.29 is 4.42 Å². The number of pyridine rings is 2. The Balaban J connectivity index is 1.38. The van der Waals surface area contributed by atoms with Crippen LogP contribution in [0.5, 0.6) is 0 Å². The minimum absolute atomic E-state index is 0.863. The lowest BCUT2D eigenvalue weighted by Gasteiger charge is -2.26. The molecule has 3 nitrogen and oxygen atoms in total. The normalized spacial score (nSPS) is 11.5. The highest BCUT2D eigenvalue weighted by Crippen LogP contribution is 2.35. The van der Waals surface area contributed by atoms with Crippen LogP contribution in [0.15, 0.2) is 114 Å². The summed E-state index contributed by atoms with van der Waals surface area (Å²) >= 11 is 0. The molecule has 0 bridgehead atoms. The molecule has 0 N–H and O–H groups in total. The zero-order valence-electron chi connectivity index (χ0n) is 27.7. The summed E-state index contributed by atoms with van der Waals surface area (Å²) < 4.78 is 6.39. The van der Waals surface area contributed by atoms with Gasteiger partial charge in [0.25, 0.3) is 0 Å². The average molecular weight is 596 g/mol. The molecule has 0 radical (unpaired) electrons. The summed E-state index contributed by atoms with van der Waals surface area (Å²) in [5.74, 6) is 1.73. The molecule has 0 aliphatic carbocycles. The van der Waals surface area contributed by atoms with Crippen LogP contribution in [0.3, 0.4) is 0 Å². The first-order valence-electron chi connectivity index (χ1n) is 16.3. The number of rotatable bonds is 4. The van der Waals surface area contributed by atoms with Gasteiger partial charge in [-0.25, -0.2) is 4.98 Å². The van der Waals surface area contributed by atoms with E-state index in [1.54, 1.807) is 0 Å². The van der Waals surface area contributed by atoms with E-state index in [0.29, 0.717) is 0 Å². The largest absolute Gasteiger partial charge is 0.456 e.